The summed E-state index contributed by atoms with van der Waals surface area (Å²) >= 11 is 5.73. The number of ether oxygens (including phenoxy) is 1. The second kappa shape index (κ2) is 6.35. The van der Waals surface area contributed by atoms with Gasteiger partial charge in [0.15, 0.2) is 0 Å². The zero-order valence-electron chi connectivity index (χ0n) is 8.94. The van der Waals surface area contributed by atoms with Crippen LogP contribution in [0.4, 0.5) is 5.69 Å². The van der Waals surface area contributed by atoms with Crippen molar-refractivity contribution in [1.29, 1.82) is 0 Å². The average molecular weight is 244 g/mol. The lowest BCUT2D eigenvalue weighted by Crippen LogP contribution is -2.30. The van der Waals surface area contributed by atoms with Gasteiger partial charge in [0, 0.05) is 30.8 Å². The number of nitrogens with one attached hydrogen (secondary N) is 1. The summed E-state index contributed by atoms with van der Waals surface area (Å²) in [6, 6.07) is 6.25. The first kappa shape index (κ1) is 12.8. The Labute approximate surface area is 99.2 Å². The molecule has 0 aliphatic carbocycles. The van der Waals surface area contributed by atoms with Gasteiger partial charge in [0.05, 0.1) is 0 Å². The fourth-order valence-electron chi connectivity index (χ4n) is 1.24. The lowest BCUT2D eigenvalue weighted by Gasteiger charge is -2.15. The Morgan fingerprint density at radius 2 is 2.12 bits per heavy atom. The quantitative estimate of drug-likeness (QED) is 0.805. The number of carboxylic acids is 1. The summed E-state index contributed by atoms with van der Waals surface area (Å²) in [7, 11) is 1.54. The van der Waals surface area contributed by atoms with Crippen LogP contribution in [-0.2, 0) is 9.53 Å². The molecule has 1 atom stereocenters. The number of carbonyl (C=O) groups is 1. The molecule has 0 saturated carbocycles. The molecular weight excluding hydrogens is 230 g/mol. The van der Waals surface area contributed by atoms with Crippen LogP contribution in [0.25, 0.3) is 0 Å². The van der Waals surface area contributed by atoms with E-state index in [1.807, 2.05) is 0 Å². The summed E-state index contributed by atoms with van der Waals surface area (Å²) in [4.78, 5) is 10.9. The molecule has 0 aliphatic rings. The van der Waals surface area contributed by atoms with E-state index in [9.17, 15) is 4.79 Å². The first-order valence-corrected chi connectivity index (χ1v) is 5.25. The van der Waals surface area contributed by atoms with Gasteiger partial charge in [-0.15, -0.1) is 0 Å². The number of rotatable bonds is 6. The zero-order valence-corrected chi connectivity index (χ0v) is 9.70. The normalized spacial score (nSPS) is 12.1. The minimum absolute atomic E-state index is 0.400. The number of benzene rings is 1. The van der Waals surface area contributed by atoms with E-state index in [2.05, 4.69) is 5.32 Å². The smallest absolute Gasteiger partial charge is 0.326 e. The molecule has 5 heteroatoms. The van der Waals surface area contributed by atoms with Crippen molar-refractivity contribution in [2.45, 2.75) is 12.5 Å². The summed E-state index contributed by atoms with van der Waals surface area (Å²) < 4.78 is 4.85. The molecule has 0 bridgehead atoms. The van der Waals surface area contributed by atoms with E-state index in [0.717, 1.165) is 5.69 Å². The van der Waals surface area contributed by atoms with E-state index >= 15 is 0 Å². The van der Waals surface area contributed by atoms with Crippen LogP contribution in [-0.4, -0.2) is 30.8 Å². The maximum atomic E-state index is 10.9. The van der Waals surface area contributed by atoms with E-state index < -0.39 is 12.0 Å². The summed E-state index contributed by atoms with van der Waals surface area (Å²) in [5.74, 6) is -0.896. The molecule has 0 amide bonds. The second-order valence-corrected chi connectivity index (χ2v) is 3.76. The fraction of sp³-hybridized carbons (Fsp3) is 0.364. The Balaban J connectivity index is 2.60. The predicted octanol–water partition coefficient (Wildman–Crippen LogP) is 2.24. The van der Waals surface area contributed by atoms with E-state index in [4.69, 9.17) is 21.4 Å². The van der Waals surface area contributed by atoms with Gasteiger partial charge in [-0.2, -0.15) is 0 Å². The lowest BCUT2D eigenvalue weighted by atomic mass is 10.2. The van der Waals surface area contributed by atoms with Crippen LogP contribution < -0.4 is 5.32 Å². The summed E-state index contributed by atoms with van der Waals surface area (Å²) in [6.45, 7) is 0.400. The van der Waals surface area contributed by atoms with Crippen molar-refractivity contribution in [1.82, 2.24) is 0 Å². The van der Waals surface area contributed by atoms with Crippen LogP contribution in [0.15, 0.2) is 24.3 Å². The lowest BCUT2D eigenvalue weighted by molar-refractivity contribution is -0.138. The van der Waals surface area contributed by atoms with Crippen molar-refractivity contribution in [3.63, 3.8) is 0 Å². The van der Waals surface area contributed by atoms with E-state index in [0.29, 0.717) is 18.1 Å². The highest BCUT2D eigenvalue weighted by atomic mass is 35.5. The minimum atomic E-state index is -0.896. The highest BCUT2D eigenvalue weighted by Crippen LogP contribution is 2.15. The minimum Gasteiger partial charge on any atom is -0.480 e. The van der Waals surface area contributed by atoms with Gasteiger partial charge in [0.25, 0.3) is 0 Å². The Kier molecular flexibility index (Phi) is 5.08. The highest BCUT2D eigenvalue weighted by Gasteiger charge is 2.16. The summed E-state index contributed by atoms with van der Waals surface area (Å²) in [5, 5.41) is 12.5. The largest absolute Gasteiger partial charge is 0.480 e. The molecule has 0 fully saturated rings. The molecule has 0 radical (unpaired) electrons. The van der Waals surface area contributed by atoms with Crippen molar-refractivity contribution in [3.05, 3.63) is 29.3 Å². The Bertz CT molecular complexity index is 340. The molecule has 16 heavy (non-hydrogen) atoms. The zero-order chi connectivity index (χ0) is 12.0. The third-order valence-corrected chi connectivity index (χ3v) is 2.35. The van der Waals surface area contributed by atoms with Gasteiger partial charge in [-0.1, -0.05) is 11.6 Å². The molecule has 0 heterocycles. The van der Waals surface area contributed by atoms with Gasteiger partial charge in [0.2, 0.25) is 0 Å². The Morgan fingerprint density at radius 1 is 1.50 bits per heavy atom. The topological polar surface area (TPSA) is 58.6 Å². The summed E-state index contributed by atoms with van der Waals surface area (Å²) in [5.41, 5.74) is 0.730. The number of halogens is 1. The number of hydrogen-bond acceptors (Lipinski definition) is 3. The van der Waals surface area contributed by atoms with Gasteiger partial charge in [-0.3, -0.25) is 0 Å². The van der Waals surface area contributed by atoms with Gasteiger partial charge < -0.3 is 15.2 Å². The third kappa shape index (κ3) is 4.08. The predicted molar refractivity (Wildman–Crippen MR) is 63.0 cm³/mol. The number of hydrogen-bond donors (Lipinski definition) is 2. The molecule has 1 aromatic carbocycles. The van der Waals surface area contributed by atoms with E-state index in [1.54, 1.807) is 31.4 Å². The van der Waals surface area contributed by atoms with Crippen molar-refractivity contribution in [2.24, 2.45) is 0 Å². The van der Waals surface area contributed by atoms with Crippen LogP contribution in [0.1, 0.15) is 6.42 Å². The number of carboxylic acid groups (broad SMARTS) is 1. The first-order chi connectivity index (χ1) is 7.63. The van der Waals surface area contributed by atoms with Gasteiger partial charge in [0.1, 0.15) is 6.04 Å². The molecule has 1 unspecified atom stereocenters. The average Bonchev–Trinajstić information content (AvgIpc) is 2.26. The van der Waals surface area contributed by atoms with Crippen LogP contribution in [0, 0.1) is 0 Å². The molecule has 0 spiro atoms. The van der Waals surface area contributed by atoms with Crippen molar-refractivity contribution in [3.8, 4) is 0 Å². The third-order valence-electron chi connectivity index (χ3n) is 2.09. The molecule has 88 valence electrons. The molecule has 4 nitrogen and oxygen atoms in total. The molecule has 2 N–H and O–H groups in total. The van der Waals surface area contributed by atoms with Crippen molar-refractivity contribution < 1.29 is 14.6 Å². The van der Waals surface area contributed by atoms with E-state index in [-0.39, 0.29) is 0 Å². The standard InChI is InChI=1S/C11H14ClNO3/c1-16-7-6-10(11(14)15)13-9-4-2-8(12)3-5-9/h2-5,10,13H,6-7H2,1H3,(H,14,15). The van der Waals surface area contributed by atoms with Crippen LogP contribution in [0.2, 0.25) is 5.02 Å². The molecule has 1 rings (SSSR count). The molecule has 0 aliphatic heterocycles. The molecule has 1 aromatic rings. The molecular formula is C11H14ClNO3. The highest BCUT2D eigenvalue weighted by molar-refractivity contribution is 6.30. The maximum absolute atomic E-state index is 10.9. The number of methoxy groups -OCH3 is 1. The second-order valence-electron chi connectivity index (χ2n) is 3.32. The molecule has 0 aromatic heterocycles. The monoisotopic (exact) mass is 243 g/mol. The van der Waals surface area contributed by atoms with Crippen LogP contribution in [0.3, 0.4) is 0 Å². The van der Waals surface area contributed by atoms with Crippen molar-refractivity contribution >= 4 is 23.3 Å². The Hall–Kier alpha value is -1.26. The number of aliphatic carboxylic acids is 1. The van der Waals surface area contributed by atoms with Gasteiger partial charge in [-0.05, 0) is 24.3 Å². The van der Waals surface area contributed by atoms with Gasteiger partial charge >= 0.3 is 5.97 Å². The summed E-state index contributed by atoms with van der Waals surface area (Å²) in [6.07, 6.45) is 0.411. The van der Waals surface area contributed by atoms with Crippen molar-refractivity contribution in [2.75, 3.05) is 19.0 Å². The van der Waals surface area contributed by atoms with E-state index in [1.165, 1.54) is 0 Å². The Morgan fingerprint density at radius 3 is 2.62 bits per heavy atom. The maximum Gasteiger partial charge on any atom is 0.326 e. The van der Waals surface area contributed by atoms with Crippen LogP contribution in [0.5, 0.6) is 0 Å². The SMILES string of the molecule is COCCC(Nc1ccc(Cl)cc1)C(=O)O. The first-order valence-electron chi connectivity index (χ1n) is 4.87. The van der Waals surface area contributed by atoms with Crippen LogP contribution >= 0.6 is 11.6 Å². The fourth-order valence-corrected chi connectivity index (χ4v) is 1.37. The van der Waals surface area contributed by atoms with Gasteiger partial charge in [-0.25, -0.2) is 4.79 Å². The number of anilines is 1. The molecule has 0 saturated heterocycles.